The van der Waals surface area contributed by atoms with E-state index in [1.165, 1.54) is 22.5 Å². The SMILES string of the molecule is NC(=O)c1ccc(CNC(=O)c2cc(S(=O)(=O)N3CCOCC3)ccc2Cl)cc1. The van der Waals surface area contributed by atoms with E-state index in [2.05, 4.69) is 5.32 Å². The van der Waals surface area contributed by atoms with Crippen LogP contribution < -0.4 is 11.1 Å². The molecular weight excluding hydrogens is 418 g/mol. The van der Waals surface area contributed by atoms with Crippen LogP contribution in [0.3, 0.4) is 0 Å². The fourth-order valence-electron chi connectivity index (χ4n) is 2.84. The van der Waals surface area contributed by atoms with Gasteiger partial charge in [-0.1, -0.05) is 23.7 Å². The summed E-state index contributed by atoms with van der Waals surface area (Å²) in [6.45, 7) is 1.35. The third-order valence-electron chi connectivity index (χ3n) is 4.48. The van der Waals surface area contributed by atoms with E-state index in [1.807, 2.05) is 0 Å². The summed E-state index contributed by atoms with van der Waals surface area (Å²) in [6, 6.07) is 10.5. The highest BCUT2D eigenvalue weighted by Gasteiger charge is 2.27. The molecule has 3 rings (SSSR count). The fourth-order valence-corrected chi connectivity index (χ4v) is 4.48. The topological polar surface area (TPSA) is 119 Å². The van der Waals surface area contributed by atoms with Crippen molar-refractivity contribution in [2.45, 2.75) is 11.4 Å². The highest BCUT2D eigenvalue weighted by Crippen LogP contribution is 2.23. The Bertz CT molecular complexity index is 1020. The number of hydrogen-bond donors (Lipinski definition) is 2. The van der Waals surface area contributed by atoms with Crippen molar-refractivity contribution in [3.63, 3.8) is 0 Å². The third kappa shape index (κ3) is 4.94. The minimum Gasteiger partial charge on any atom is -0.379 e. The molecule has 1 fully saturated rings. The molecule has 29 heavy (non-hydrogen) atoms. The van der Waals surface area contributed by atoms with Crippen molar-refractivity contribution >= 4 is 33.4 Å². The summed E-state index contributed by atoms with van der Waals surface area (Å²) >= 11 is 6.12. The number of nitrogens with one attached hydrogen (secondary N) is 1. The van der Waals surface area contributed by atoms with Gasteiger partial charge in [0.1, 0.15) is 0 Å². The van der Waals surface area contributed by atoms with Gasteiger partial charge in [0.15, 0.2) is 0 Å². The van der Waals surface area contributed by atoms with Gasteiger partial charge in [-0.15, -0.1) is 0 Å². The Morgan fingerprint density at radius 2 is 1.76 bits per heavy atom. The molecule has 0 atom stereocenters. The van der Waals surface area contributed by atoms with Crippen molar-refractivity contribution in [2.75, 3.05) is 26.3 Å². The van der Waals surface area contributed by atoms with Gasteiger partial charge in [-0.2, -0.15) is 4.31 Å². The Kier molecular flexibility index (Phi) is 6.53. The number of benzene rings is 2. The van der Waals surface area contributed by atoms with Crippen molar-refractivity contribution in [1.29, 1.82) is 0 Å². The monoisotopic (exact) mass is 437 g/mol. The van der Waals surface area contributed by atoms with Gasteiger partial charge in [-0.3, -0.25) is 9.59 Å². The number of carbonyl (C=O) groups is 2. The van der Waals surface area contributed by atoms with E-state index in [1.54, 1.807) is 24.3 Å². The lowest BCUT2D eigenvalue weighted by atomic mass is 10.1. The number of carbonyl (C=O) groups excluding carboxylic acids is 2. The van der Waals surface area contributed by atoms with Crippen LogP contribution in [0.15, 0.2) is 47.4 Å². The van der Waals surface area contributed by atoms with Crippen molar-refractivity contribution in [2.24, 2.45) is 5.73 Å². The van der Waals surface area contributed by atoms with Crippen LogP contribution >= 0.6 is 11.6 Å². The molecule has 1 heterocycles. The van der Waals surface area contributed by atoms with E-state index in [4.69, 9.17) is 22.1 Å². The smallest absolute Gasteiger partial charge is 0.253 e. The zero-order valence-corrected chi connectivity index (χ0v) is 17.0. The summed E-state index contributed by atoms with van der Waals surface area (Å²) in [5, 5.41) is 2.84. The van der Waals surface area contributed by atoms with Gasteiger partial charge in [0, 0.05) is 25.2 Å². The minimum absolute atomic E-state index is 0.000221. The van der Waals surface area contributed by atoms with Crippen molar-refractivity contribution in [3.05, 3.63) is 64.2 Å². The van der Waals surface area contributed by atoms with Gasteiger partial charge in [0.2, 0.25) is 15.9 Å². The normalized spacial score (nSPS) is 15.1. The summed E-state index contributed by atoms with van der Waals surface area (Å²) in [7, 11) is -3.74. The summed E-state index contributed by atoms with van der Waals surface area (Å²) in [4.78, 5) is 23.7. The molecule has 2 aromatic rings. The number of nitrogens with two attached hydrogens (primary N) is 1. The summed E-state index contributed by atoms with van der Waals surface area (Å²) in [6.07, 6.45) is 0. The first-order valence-corrected chi connectivity index (χ1v) is 10.7. The van der Waals surface area contributed by atoms with E-state index < -0.39 is 21.8 Å². The highest BCUT2D eigenvalue weighted by atomic mass is 35.5. The van der Waals surface area contributed by atoms with E-state index >= 15 is 0 Å². The second-order valence-corrected chi connectivity index (χ2v) is 8.75. The number of hydrogen-bond acceptors (Lipinski definition) is 5. The van der Waals surface area contributed by atoms with Crippen LogP contribution in [0.5, 0.6) is 0 Å². The molecule has 0 aliphatic carbocycles. The second kappa shape index (κ2) is 8.91. The molecule has 0 aromatic heterocycles. The van der Waals surface area contributed by atoms with Gasteiger partial charge in [-0.05, 0) is 35.9 Å². The largest absolute Gasteiger partial charge is 0.379 e. The molecule has 2 aromatic carbocycles. The third-order valence-corrected chi connectivity index (χ3v) is 6.71. The Hall–Kier alpha value is -2.46. The van der Waals surface area contributed by atoms with Crippen LogP contribution in [-0.4, -0.2) is 50.8 Å². The van der Waals surface area contributed by atoms with E-state index in [0.29, 0.717) is 18.8 Å². The van der Waals surface area contributed by atoms with E-state index in [-0.39, 0.29) is 35.1 Å². The maximum Gasteiger partial charge on any atom is 0.253 e. The number of amides is 2. The molecule has 10 heteroatoms. The molecule has 0 radical (unpaired) electrons. The number of primary amides is 1. The molecule has 154 valence electrons. The first-order chi connectivity index (χ1) is 13.8. The summed E-state index contributed by atoms with van der Waals surface area (Å²) in [5.74, 6) is -1.04. The minimum atomic E-state index is -3.74. The number of halogens is 1. The molecule has 8 nitrogen and oxygen atoms in total. The van der Waals surface area contributed by atoms with E-state index in [0.717, 1.165) is 5.56 Å². The van der Waals surface area contributed by atoms with Gasteiger partial charge in [0.05, 0.1) is 28.7 Å². The molecular formula is C19H20ClN3O5S. The first-order valence-electron chi connectivity index (χ1n) is 8.83. The standard InChI is InChI=1S/C19H20ClN3O5S/c20-17-6-5-15(29(26,27)23-7-9-28-10-8-23)11-16(17)19(25)22-12-13-1-3-14(4-2-13)18(21)24/h1-6,11H,7-10,12H2,(H2,21,24)(H,22,25). The Morgan fingerprint density at radius 3 is 2.38 bits per heavy atom. The van der Waals surface area contributed by atoms with Gasteiger partial charge >= 0.3 is 0 Å². The molecule has 0 saturated carbocycles. The summed E-state index contributed by atoms with van der Waals surface area (Å²) < 4.78 is 32.1. The van der Waals surface area contributed by atoms with Crippen LogP contribution in [0, 0.1) is 0 Å². The molecule has 0 spiro atoms. The van der Waals surface area contributed by atoms with Crippen LogP contribution in [0.2, 0.25) is 5.02 Å². The molecule has 1 saturated heterocycles. The van der Waals surface area contributed by atoms with Gasteiger partial charge < -0.3 is 15.8 Å². The maximum atomic E-state index is 12.8. The Balaban J connectivity index is 1.75. The zero-order valence-electron chi connectivity index (χ0n) is 15.4. The second-order valence-electron chi connectivity index (χ2n) is 6.40. The average Bonchev–Trinajstić information content (AvgIpc) is 2.73. The molecule has 0 bridgehead atoms. The van der Waals surface area contributed by atoms with Crippen molar-refractivity contribution in [1.82, 2.24) is 9.62 Å². The molecule has 0 unspecified atom stereocenters. The lowest BCUT2D eigenvalue weighted by Gasteiger charge is -2.26. The Labute approximate surface area is 173 Å². The van der Waals surface area contributed by atoms with Crippen LogP contribution in [0.1, 0.15) is 26.3 Å². The Morgan fingerprint density at radius 1 is 1.10 bits per heavy atom. The maximum absolute atomic E-state index is 12.8. The molecule has 3 N–H and O–H groups in total. The van der Waals surface area contributed by atoms with Crippen LogP contribution in [-0.2, 0) is 21.3 Å². The number of morpholine rings is 1. The van der Waals surface area contributed by atoms with Gasteiger partial charge in [0.25, 0.3) is 5.91 Å². The number of rotatable bonds is 6. The van der Waals surface area contributed by atoms with Crippen molar-refractivity contribution in [3.8, 4) is 0 Å². The number of sulfonamides is 1. The van der Waals surface area contributed by atoms with E-state index in [9.17, 15) is 18.0 Å². The number of nitrogens with zero attached hydrogens (tertiary/aromatic N) is 1. The summed E-state index contributed by atoms with van der Waals surface area (Å²) in [5.41, 5.74) is 6.38. The van der Waals surface area contributed by atoms with Crippen LogP contribution in [0.4, 0.5) is 0 Å². The lowest BCUT2D eigenvalue weighted by molar-refractivity contribution is 0.0730. The quantitative estimate of drug-likeness (QED) is 0.707. The van der Waals surface area contributed by atoms with Crippen molar-refractivity contribution < 1.29 is 22.7 Å². The van der Waals surface area contributed by atoms with Gasteiger partial charge in [-0.25, -0.2) is 8.42 Å². The molecule has 1 aliphatic heterocycles. The fraction of sp³-hybridized carbons (Fsp3) is 0.263. The highest BCUT2D eigenvalue weighted by molar-refractivity contribution is 7.89. The van der Waals surface area contributed by atoms with Crippen LogP contribution in [0.25, 0.3) is 0 Å². The average molecular weight is 438 g/mol. The lowest BCUT2D eigenvalue weighted by Crippen LogP contribution is -2.40. The first kappa shape index (κ1) is 21.3. The predicted molar refractivity (Wildman–Crippen MR) is 107 cm³/mol. The predicted octanol–water partition coefficient (Wildman–Crippen LogP) is 1.39. The zero-order chi connectivity index (χ0) is 21.0. The molecule has 1 aliphatic rings. The number of ether oxygens (including phenoxy) is 1. The molecule has 2 amide bonds.